The molecular formula is C19H13FN4O. The van der Waals surface area contributed by atoms with Crippen molar-refractivity contribution in [1.82, 2.24) is 20.2 Å². The molecule has 0 fully saturated rings. The fraction of sp³-hybridized carbons (Fsp3) is 0. The first-order valence-corrected chi connectivity index (χ1v) is 7.63. The van der Waals surface area contributed by atoms with Gasteiger partial charge in [-0.1, -0.05) is 24.3 Å². The summed E-state index contributed by atoms with van der Waals surface area (Å²) in [5, 5.41) is 19.2. The summed E-state index contributed by atoms with van der Waals surface area (Å²) < 4.78 is 13.2. The van der Waals surface area contributed by atoms with E-state index in [4.69, 9.17) is 0 Å². The number of rotatable bonds is 3. The lowest BCUT2D eigenvalue weighted by atomic mass is 10.1. The summed E-state index contributed by atoms with van der Waals surface area (Å²) >= 11 is 0. The topological polar surface area (TPSA) is 74.7 Å². The summed E-state index contributed by atoms with van der Waals surface area (Å²) in [4.78, 5) is 6.59. The third-order valence-corrected chi connectivity index (χ3v) is 3.86. The Hall–Kier alpha value is -3.54. The van der Waals surface area contributed by atoms with Gasteiger partial charge in [0.2, 0.25) is 5.95 Å². The lowest BCUT2D eigenvalue weighted by molar-refractivity contribution is 0.477. The number of para-hydroxylation sites is 1. The zero-order valence-electron chi connectivity index (χ0n) is 13.0. The number of fused-ring (bicyclic) bond motifs is 1. The molecule has 5 nitrogen and oxygen atoms in total. The Morgan fingerprint density at radius 2 is 1.92 bits per heavy atom. The van der Waals surface area contributed by atoms with Crippen LogP contribution in [0.3, 0.4) is 0 Å². The minimum atomic E-state index is -0.520. The summed E-state index contributed by atoms with van der Waals surface area (Å²) in [6, 6.07) is 11.9. The van der Waals surface area contributed by atoms with Crippen molar-refractivity contribution in [3.63, 3.8) is 0 Å². The van der Waals surface area contributed by atoms with Crippen LogP contribution in [0, 0.1) is 5.95 Å². The van der Waals surface area contributed by atoms with Gasteiger partial charge in [0.05, 0.1) is 5.69 Å². The molecule has 0 aliphatic carbocycles. The molecule has 0 atom stereocenters. The van der Waals surface area contributed by atoms with Gasteiger partial charge in [0.1, 0.15) is 5.75 Å². The zero-order valence-corrected chi connectivity index (χ0v) is 13.0. The largest absolute Gasteiger partial charge is 0.507 e. The number of benzene rings is 1. The van der Waals surface area contributed by atoms with Gasteiger partial charge in [-0.25, -0.2) is 4.98 Å². The van der Waals surface area contributed by atoms with Crippen LogP contribution in [-0.4, -0.2) is 25.3 Å². The van der Waals surface area contributed by atoms with E-state index in [1.807, 2.05) is 24.4 Å². The van der Waals surface area contributed by atoms with E-state index in [1.54, 1.807) is 30.3 Å². The van der Waals surface area contributed by atoms with E-state index < -0.39 is 5.95 Å². The Kier molecular flexibility index (Phi) is 3.70. The molecule has 3 aromatic heterocycles. The minimum Gasteiger partial charge on any atom is -0.507 e. The van der Waals surface area contributed by atoms with Crippen molar-refractivity contribution in [2.75, 3.05) is 0 Å². The number of hydrogen-bond acceptors (Lipinski definition) is 4. The molecule has 0 radical (unpaired) electrons. The highest BCUT2D eigenvalue weighted by Gasteiger charge is 2.09. The van der Waals surface area contributed by atoms with Crippen LogP contribution in [-0.2, 0) is 0 Å². The number of halogens is 1. The van der Waals surface area contributed by atoms with Crippen LogP contribution in [0.25, 0.3) is 34.4 Å². The van der Waals surface area contributed by atoms with Crippen molar-refractivity contribution < 1.29 is 9.50 Å². The average molecular weight is 332 g/mol. The Bertz CT molecular complexity index is 1090. The predicted molar refractivity (Wildman–Crippen MR) is 94.1 cm³/mol. The maximum absolute atomic E-state index is 13.2. The highest BCUT2D eigenvalue weighted by molar-refractivity contribution is 5.91. The monoisotopic (exact) mass is 332 g/mol. The van der Waals surface area contributed by atoms with Crippen LogP contribution in [0.2, 0.25) is 0 Å². The van der Waals surface area contributed by atoms with Crippen LogP contribution in [0.15, 0.2) is 54.9 Å². The summed E-state index contributed by atoms with van der Waals surface area (Å²) in [5.41, 5.74) is 3.43. The lowest BCUT2D eigenvalue weighted by Crippen LogP contribution is -1.89. The smallest absolute Gasteiger partial charge is 0.213 e. The highest BCUT2D eigenvalue weighted by Crippen LogP contribution is 2.29. The van der Waals surface area contributed by atoms with Crippen molar-refractivity contribution in [3.8, 4) is 17.0 Å². The van der Waals surface area contributed by atoms with Gasteiger partial charge in [0.15, 0.2) is 5.65 Å². The highest BCUT2D eigenvalue weighted by atomic mass is 19.1. The van der Waals surface area contributed by atoms with E-state index in [0.717, 1.165) is 10.9 Å². The Morgan fingerprint density at radius 3 is 2.76 bits per heavy atom. The molecule has 0 aliphatic rings. The molecule has 0 amide bonds. The number of phenols is 1. The Morgan fingerprint density at radius 1 is 1.04 bits per heavy atom. The van der Waals surface area contributed by atoms with Crippen LogP contribution in [0.5, 0.6) is 5.75 Å². The first kappa shape index (κ1) is 15.0. The quantitative estimate of drug-likeness (QED) is 0.555. The van der Waals surface area contributed by atoms with Gasteiger partial charge in [-0.3, -0.25) is 0 Å². The van der Waals surface area contributed by atoms with Gasteiger partial charge in [0, 0.05) is 35.0 Å². The second-order valence-corrected chi connectivity index (χ2v) is 5.50. The second kappa shape index (κ2) is 6.16. The summed E-state index contributed by atoms with van der Waals surface area (Å²) in [6.45, 7) is 0. The fourth-order valence-electron chi connectivity index (χ4n) is 2.61. The molecule has 0 bridgehead atoms. The molecule has 1 aromatic carbocycles. The third-order valence-electron chi connectivity index (χ3n) is 3.86. The maximum atomic E-state index is 13.2. The molecule has 0 saturated carbocycles. The molecule has 4 rings (SSSR count). The number of aromatic nitrogens is 4. The van der Waals surface area contributed by atoms with Gasteiger partial charge < -0.3 is 10.1 Å². The van der Waals surface area contributed by atoms with E-state index in [9.17, 15) is 9.50 Å². The summed E-state index contributed by atoms with van der Waals surface area (Å²) in [6.07, 6.45) is 6.89. The number of H-pyrrole nitrogens is 1. The molecule has 0 saturated heterocycles. The van der Waals surface area contributed by atoms with Gasteiger partial charge in [0.25, 0.3) is 0 Å². The van der Waals surface area contributed by atoms with E-state index in [2.05, 4.69) is 20.2 Å². The van der Waals surface area contributed by atoms with Crippen molar-refractivity contribution >= 4 is 23.2 Å². The van der Waals surface area contributed by atoms with E-state index in [0.29, 0.717) is 22.5 Å². The third kappa shape index (κ3) is 2.97. The Labute approximate surface area is 142 Å². The molecule has 0 aliphatic heterocycles. The molecule has 122 valence electrons. The molecular weight excluding hydrogens is 319 g/mol. The van der Waals surface area contributed by atoms with Gasteiger partial charge in [-0.15, -0.1) is 10.2 Å². The maximum Gasteiger partial charge on any atom is 0.213 e. The Balaban J connectivity index is 1.75. The average Bonchev–Trinajstić information content (AvgIpc) is 3.03. The van der Waals surface area contributed by atoms with Gasteiger partial charge in [-0.2, -0.15) is 4.39 Å². The second-order valence-electron chi connectivity index (χ2n) is 5.50. The fourth-order valence-corrected chi connectivity index (χ4v) is 2.61. The zero-order chi connectivity index (χ0) is 17.2. The number of nitrogens with one attached hydrogen (secondary N) is 1. The van der Waals surface area contributed by atoms with E-state index in [1.165, 1.54) is 12.3 Å². The molecule has 6 heteroatoms. The predicted octanol–water partition coefficient (Wildman–Crippen LogP) is 4.04. The normalized spacial score (nSPS) is 11.4. The van der Waals surface area contributed by atoms with Gasteiger partial charge >= 0.3 is 0 Å². The van der Waals surface area contributed by atoms with Crippen molar-refractivity contribution in [3.05, 3.63) is 71.9 Å². The molecule has 0 unspecified atom stereocenters. The van der Waals surface area contributed by atoms with E-state index in [-0.39, 0.29) is 5.75 Å². The standard InChI is InChI=1S/C19H13FN4O/c20-18-9-12(7-8-21-18)5-6-13-11-22-19-15(13)10-16(23-24-19)14-3-1-2-4-17(14)25/h1-11,25H,(H,22,24)/b6-5-. The number of nitrogens with zero attached hydrogens (tertiary/aromatic N) is 3. The number of pyridine rings is 1. The molecule has 25 heavy (non-hydrogen) atoms. The lowest BCUT2D eigenvalue weighted by Gasteiger charge is -2.03. The van der Waals surface area contributed by atoms with Crippen LogP contribution in [0.1, 0.15) is 11.1 Å². The van der Waals surface area contributed by atoms with Crippen LogP contribution >= 0.6 is 0 Å². The first-order chi connectivity index (χ1) is 12.2. The summed E-state index contributed by atoms with van der Waals surface area (Å²) in [7, 11) is 0. The van der Waals surface area contributed by atoms with Crippen molar-refractivity contribution in [1.29, 1.82) is 0 Å². The molecule has 4 aromatic rings. The number of hydrogen-bond donors (Lipinski definition) is 2. The molecule has 0 spiro atoms. The number of phenolic OH excluding ortho intramolecular Hbond substituents is 1. The number of aromatic hydroxyl groups is 1. The number of aromatic amines is 1. The van der Waals surface area contributed by atoms with Crippen LogP contribution < -0.4 is 0 Å². The van der Waals surface area contributed by atoms with Crippen molar-refractivity contribution in [2.24, 2.45) is 0 Å². The van der Waals surface area contributed by atoms with Crippen LogP contribution in [0.4, 0.5) is 4.39 Å². The minimum absolute atomic E-state index is 0.149. The molecule has 3 heterocycles. The molecule has 2 N–H and O–H groups in total. The summed E-state index contributed by atoms with van der Waals surface area (Å²) in [5.74, 6) is -0.371. The van der Waals surface area contributed by atoms with Gasteiger partial charge in [-0.05, 0) is 29.8 Å². The SMILES string of the molecule is Oc1ccccc1-c1cc2c(/C=C\c3ccnc(F)c3)c[nH]c2nn1. The van der Waals surface area contributed by atoms with Crippen molar-refractivity contribution in [2.45, 2.75) is 0 Å². The van der Waals surface area contributed by atoms with E-state index >= 15 is 0 Å². The first-order valence-electron chi connectivity index (χ1n) is 7.63.